The summed E-state index contributed by atoms with van der Waals surface area (Å²) in [5, 5.41) is 9.62. The first-order valence-corrected chi connectivity index (χ1v) is 6.82. The summed E-state index contributed by atoms with van der Waals surface area (Å²) in [5.41, 5.74) is 7.53. The first-order valence-electron chi connectivity index (χ1n) is 6.82. The van der Waals surface area contributed by atoms with Crippen LogP contribution in [0.4, 0.5) is 0 Å². The highest BCUT2D eigenvalue weighted by molar-refractivity contribution is 5.93. The lowest BCUT2D eigenvalue weighted by Crippen LogP contribution is -2.23. The molecule has 3 N–H and O–H groups in total. The molecule has 21 heavy (non-hydrogen) atoms. The van der Waals surface area contributed by atoms with Crippen molar-refractivity contribution < 1.29 is 14.6 Å². The van der Waals surface area contributed by atoms with Crippen LogP contribution in [0.2, 0.25) is 0 Å². The van der Waals surface area contributed by atoms with Crippen LogP contribution in [0.5, 0.6) is 0 Å². The average Bonchev–Trinajstić information content (AvgIpc) is 2.48. The number of pyridine rings is 1. The summed E-state index contributed by atoms with van der Waals surface area (Å²) < 4.78 is 7.15. The Kier molecular flexibility index (Phi) is 3.48. The van der Waals surface area contributed by atoms with E-state index in [2.05, 4.69) is 0 Å². The lowest BCUT2D eigenvalue weighted by molar-refractivity contribution is 0.0566. The normalized spacial score (nSPS) is 13.6. The molecule has 1 aromatic carbocycles. The zero-order chi connectivity index (χ0) is 15.0. The largest absolute Gasteiger partial charge is 0.477 e. The van der Waals surface area contributed by atoms with Crippen LogP contribution < -0.4 is 11.2 Å². The molecule has 0 fully saturated rings. The molecular weight excluding hydrogens is 272 g/mol. The van der Waals surface area contributed by atoms with Gasteiger partial charge in [-0.3, -0.25) is 4.79 Å². The van der Waals surface area contributed by atoms with Crippen molar-refractivity contribution in [2.75, 3.05) is 6.54 Å². The zero-order valence-corrected chi connectivity index (χ0v) is 11.5. The number of hydrogen-bond acceptors (Lipinski definition) is 4. The van der Waals surface area contributed by atoms with E-state index in [0.29, 0.717) is 18.5 Å². The van der Waals surface area contributed by atoms with Gasteiger partial charge in [0, 0.05) is 17.1 Å². The van der Waals surface area contributed by atoms with E-state index in [1.165, 1.54) is 6.20 Å². The highest BCUT2D eigenvalue weighted by Crippen LogP contribution is 2.25. The van der Waals surface area contributed by atoms with Gasteiger partial charge < -0.3 is 20.1 Å². The Morgan fingerprint density at radius 2 is 2.24 bits per heavy atom. The first kappa shape index (κ1) is 13.8. The molecule has 2 aromatic rings. The summed E-state index contributed by atoms with van der Waals surface area (Å²) in [4.78, 5) is 23.6. The minimum absolute atomic E-state index is 0.227. The Morgan fingerprint density at radius 3 is 2.95 bits per heavy atom. The van der Waals surface area contributed by atoms with Crippen LogP contribution in [0.15, 0.2) is 23.1 Å². The van der Waals surface area contributed by atoms with Gasteiger partial charge in [-0.15, -0.1) is 0 Å². The second-order valence-corrected chi connectivity index (χ2v) is 5.17. The first-order chi connectivity index (χ1) is 10.1. The number of nitrogens with zero attached hydrogens (tertiary/aromatic N) is 1. The Labute approximate surface area is 120 Å². The van der Waals surface area contributed by atoms with E-state index in [0.717, 1.165) is 29.5 Å². The maximum atomic E-state index is 12.4. The molecule has 3 rings (SSSR count). The number of rotatable bonds is 4. The van der Waals surface area contributed by atoms with Gasteiger partial charge >= 0.3 is 5.97 Å². The molecule has 0 amide bonds. The van der Waals surface area contributed by atoms with Crippen molar-refractivity contribution in [1.82, 2.24) is 4.57 Å². The van der Waals surface area contributed by atoms with Gasteiger partial charge in [0.1, 0.15) is 12.3 Å². The summed E-state index contributed by atoms with van der Waals surface area (Å²) >= 11 is 0. The van der Waals surface area contributed by atoms with E-state index in [1.54, 1.807) is 10.6 Å². The number of carboxylic acids is 1. The standard InChI is InChI=1S/C15H16N2O4/c16-3-1-2-9-4-10-7-21-8-17-6-12(15(19)20)14(18)11(5-9)13(10)17/h4-6H,1-3,7-8,16H2,(H,19,20). The Balaban J connectivity index is 2.30. The van der Waals surface area contributed by atoms with Gasteiger partial charge in [-0.2, -0.15) is 0 Å². The minimum atomic E-state index is -1.22. The van der Waals surface area contributed by atoms with Crippen molar-refractivity contribution in [3.05, 3.63) is 45.2 Å². The van der Waals surface area contributed by atoms with E-state index in [1.807, 2.05) is 6.07 Å². The number of hydrogen-bond donors (Lipinski definition) is 2. The van der Waals surface area contributed by atoms with Crippen molar-refractivity contribution >= 4 is 16.9 Å². The molecule has 2 heterocycles. The van der Waals surface area contributed by atoms with Crippen LogP contribution in [0.25, 0.3) is 10.9 Å². The highest BCUT2D eigenvalue weighted by atomic mass is 16.5. The van der Waals surface area contributed by atoms with Gasteiger partial charge in [0.15, 0.2) is 0 Å². The van der Waals surface area contributed by atoms with Crippen LogP contribution in [-0.4, -0.2) is 22.2 Å². The van der Waals surface area contributed by atoms with Gasteiger partial charge in [-0.1, -0.05) is 6.07 Å². The number of benzene rings is 1. The Morgan fingerprint density at radius 1 is 1.43 bits per heavy atom. The maximum Gasteiger partial charge on any atom is 0.341 e. The molecule has 0 radical (unpaired) electrons. The van der Waals surface area contributed by atoms with Crippen molar-refractivity contribution in [3.8, 4) is 0 Å². The van der Waals surface area contributed by atoms with Crippen molar-refractivity contribution in [2.24, 2.45) is 5.73 Å². The fourth-order valence-corrected chi connectivity index (χ4v) is 2.77. The number of ether oxygens (including phenoxy) is 1. The lowest BCUT2D eigenvalue weighted by Gasteiger charge is -2.21. The molecule has 0 unspecified atom stereocenters. The molecule has 0 atom stereocenters. The van der Waals surface area contributed by atoms with Crippen LogP contribution >= 0.6 is 0 Å². The average molecular weight is 288 g/mol. The molecule has 0 saturated heterocycles. The fourth-order valence-electron chi connectivity index (χ4n) is 2.77. The minimum Gasteiger partial charge on any atom is -0.477 e. The third-order valence-corrected chi connectivity index (χ3v) is 3.70. The Hall–Kier alpha value is -2.18. The predicted molar refractivity (Wildman–Crippen MR) is 77.3 cm³/mol. The van der Waals surface area contributed by atoms with E-state index < -0.39 is 11.4 Å². The molecule has 1 aliphatic rings. The van der Waals surface area contributed by atoms with E-state index in [4.69, 9.17) is 10.5 Å². The molecule has 6 nitrogen and oxygen atoms in total. The molecule has 6 heteroatoms. The number of carbonyl (C=O) groups is 1. The lowest BCUT2D eigenvalue weighted by atomic mass is 10.00. The molecule has 1 aliphatic heterocycles. The quantitative estimate of drug-likeness (QED) is 0.877. The van der Waals surface area contributed by atoms with E-state index >= 15 is 0 Å². The second kappa shape index (κ2) is 5.31. The molecule has 0 aliphatic carbocycles. The van der Waals surface area contributed by atoms with Crippen molar-refractivity contribution in [3.63, 3.8) is 0 Å². The summed E-state index contributed by atoms with van der Waals surface area (Å²) in [7, 11) is 0. The number of aromatic carboxylic acids is 1. The van der Waals surface area contributed by atoms with Crippen LogP contribution in [0, 0.1) is 0 Å². The van der Waals surface area contributed by atoms with E-state index in [9.17, 15) is 14.7 Å². The SMILES string of the molecule is NCCCc1cc2c3c(c1)c(=O)c(C(=O)O)cn3COC2. The summed E-state index contributed by atoms with van der Waals surface area (Å²) in [5.74, 6) is -1.22. The van der Waals surface area contributed by atoms with Gasteiger partial charge in [0.05, 0.1) is 12.1 Å². The number of aromatic nitrogens is 1. The Bertz CT molecular complexity index is 779. The fraction of sp³-hybridized carbons (Fsp3) is 0.333. The molecule has 0 spiro atoms. The second-order valence-electron chi connectivity index (χ2n) is 5.17. The monoisotopic (exact) mass is 288 g/mol. The van der Waals surface area contributed by atoms with Gasteiger partial charge in [-0.05, 0) is 31.0 Å². The third kappa shape index (κ3) is 2.32. The molecular formula is C15H16N2O4. The van der Waals surface area contributed by atoms with Crippen LogP contribution in [0.1, 0.15) is 27.9 Å². The molecule has 110 valence electrons. The smallest absolute Gasteiger partial charge is 0.341 e. The van der Waals surface area contributed by atoms with Gasteiger partial charge in [-0.25, -0.2) is 4.79 Å². The predicted octanol–water partition coefficient (Wildman–Crippen LogP) is 1.08. The van der Waals surface area contributed by atoms with Crippen LogP contribution in [-0.2, 0) is 24.5 Å². The van der Waals surface area contributed by atoms with Crippen molar-refractivity contribution in [1.29, 1.82) is 0 Å². The molecule has 0 saturated carbocycles. The van der Waals surface area contributed by atoms with E-state index in [-0.39, 0.29) is 12.3 Å². The summed E-state index contributed by atoms with van der Waals surface area (Å²) in [6, 6.07) is 3.79. The number of aryl methyl sites for hydroxylation is 1. The van der Waals surface area contributed by atoms with Gasteiger partial charge in [0.25, 0.3) is 0 Å². The molecule has 0 bridgehead atoms. The zero-order valence-electron chi connectivity index (χ0n) is 11.5. The number of nitrogens with two attached hydrogens (primary N) is 1. The third-order valence-electron chi connectivity index (χ3n) is 3.70. The topological polar surface area (TPSA) is 94.5 Å². The van der Waals surface area contributed by atoms with Gasteiger partial charge in [0.2, 0.25) is 5.43 Å². The summed E-state index contributed by atoms with van der Waals surface area (Å²) in [6.07, 6.45) is 2.93. The summed E-state index contributed by atoms with van der Waals surface area (Å²) in [6.45, 7) is 1.26. The van der Waals surface area contributed by atoms with Crippen molar-refractivity contribution in [2.45, 2.75) is 26.2 Å². The maximum absolute atomic E-state index is 12.4. The molecule has 1 aromatic heterocycles. The highest BCUT2D eigenvalue weighted by Gasteiger charge is 2.20. The van der Waals surface area contributed by atoms with Crippen LogP contribution in [0.3, 0.4) is 0 Å². The number of carboxylic acid groups (broad SMARTS) is 1.